The van der Waals surface area contributed by atoms with Gasteiger partial charge >= 0.3 is 15.6 Å². The summed E-state index contributed by atoms with van der Waals surface area (Å²) in [6, 6.07) is 6.43. The average Bonchev–Trinajstić information content (AvgIpc) is 2.29. The van der Waals surface area contributed by atoms with Gasteiger partial charge in [0.2, 0.25) is 0 Å². The van der Waals surface area contributed by atoms with Crippen LogP contribution in [0.1, 0.15) is 11.1 Å². The summed E-state index contributed by atoms with van der Waals surface area (Å²) >= 11 is 3.53. The number of hydrogen-bond acceptors (Lipinski definition) is 4. The van der Waals surface area contributed by atoms with Gasteiger partial charge in [0.25, 0.3) is 0 Å². The van der Waals surface area contributed by atoms with Crippen molar-refractivity contribution in [2.75, 3.05) is 6.26 Å². The summed E-state index contributed by atoms with van der Waals surface area (Å²) in [6.07, 6.45) is 1.69. The van der Waals surface area contributed by atoms with Crippen LogP contribution in [0, 0.1) is 6.92 Å². The molecule has 104 valence electrons. The topological polar surface area (TPSA) is 43.4 Å². The monoisotopic (exact) mass is 302 g/mol. The van der Waals surface area contributed by atoms with Gasteiger partial charge in [-0.15, -0.1) is 0 Å². The van der Waals surface area contributed by atoms with Crippen LogP contribution in [0.4, 0.5) is 13.2 Å². The molecule has 0 bridgehead atoms. The molecule has 0 aliphatic carbocycles. The zero-order valence-electron chi connectivity index (χ0n) is 9.73. The normalized spacial score (nSPS) is 11.7. The highest BCUT2D eigenvalue weighted by Gasteiger charge is 2.47. The van der Waals surface area contributed by atoms with Gasteiger partial charge < -0.3 is 0 Å². The fourth-order valence-electron chi connectivity index (χ4n) is 0.980. The fourth-order valence-corrected chi connectivity index (χ4v) is 1.40. The van der Waals surface area contributed by atoms with Gasteiger partial charge in [0, 0.05) is 0 Å². The Morgan fingerprint density at radius 1 is 1.22 bits per heavy atom. The van der Waals surface area contributed by atoms with Gasteiger partial charge in [0.15, 0.2) is 0 Å². The molecule has 1 aromatic carbocycles. The van der Waals surface area contributed by atoms with E-state index in [4.69, 9.17) is 0 Å². The number of thiol groups is 1. The largest absolute Gasteiger partial charge is 0.523 e. The molecule has 0 heterocycles. The summed E-state index contributed by atoms with van der Waals surface area (Å²) in [5, 5.41) is 0. The maximum atomic E-state index is 11.9. The van der Waals surface area contributed by atoms with Crippen molar-refractivity contribution in [2.45, 2.75) is 19.0 Å². The zero-order chi connectivity index (χ0) is 14.4. The summed E-state index contributed by atoms with van der Waals surface area (Å²) in [5.41, 5.74) is -4.31. The smallest absolute Gasteiger partial charge is 0.258 e. The summed E-state index contributed by atoms with van der Waals surface area (Å²) in [5.74, 6) is 0. The highest BCUT2D eigenvalue weighted by atomic mass is 32.2. The average molecular weight is 302 g/mol. The van der Waals surface area contributed by atoms with Crippen molar-refractivity contribution >= 4 is 22.7 Å². The molecule has 1 rings (SSSR count). The van der Waals surface area contributed by atoms with Crippen LogP contribution < -0.4 is 0 Å². The molecule has 18 heavy (non-hydrogen) atoms. The summed E-state index contributed by atoms with van der Waals surface area (Å²) < 4.78 is 60.9. The number of hydrogen-bond donors (Lipinski definition) is 1. The second kappa shape index (κ2) is 7.01. The van der Waals surface area contributed by atoms with E-state index < -0.39 is 22.2 Å². The first-order valence-corrected chi connectivity index (χ1v) is 6.99. The van der Waals surface area contributed by atoms with Crippen LogP contribution in [-0.4, -0.2) is 20.2 Å². The molecule has 0 fully saturated rings. The minimum Gasteiger partial charge on any atom is -0.258 e. The van der Waals surface area contributed by atoms with Crippen LogP contribution in [-0.2, 0) is 20.9 Å². The quantitative estimate of drug-likeness (QED) is 0.530. The summed E-state index contributed by atoms with van der Waals surface area (Å²) in [7, 11) is -5.51. The molecule has 3 nitrogen and oxygen atoms in total. The van der Waals surface area contributed by atoms with Gasteiger partial charge in [-0.25, -0.2) is 0 Å². The highest BCUT2D eigenvalue weighted by Crippen LogP contribution is 2.25. The first-order chi connectivity index (χ1) is 8.24. The number of aryl methyl sites for hydroxylation is 1. The lowest BCUT2D eigenvalue weighted by Gasteiger charge is -2.09. The van der Waals surface area contributed by atoms with Gasteiger partial charge in [-0.3, -0.25) is 4.18 Å². The number of benzene rings is 1. The molecule has 0 amide bonds. The predicted octanol–water partition coefficient (Wildman–Crippen LogP) is 2.91. The van der Waals surface area contributed by atoms with Crippen LogP contribution in [0.3, 0.4) is 0 Å². The predicted molar refractivity (Wildman–Crippen MR) is 65.9 cm³/mol. The molecule has 0 aromatic heterocycles. The van der Waals surface area contributed by atoms with Crippen LogP contribution >= 0.6 is 12.6 Å². The van der Waals surface area contributed by atoms with Gasteiger partial charge in [-0.05, 0) is 24.3 Å². The maximum absolute atomic E-state index is 11.9. The lowest BCUT2D eigenvalue weighted by Crippen LogP contribution is -2.25. The molecular formula is C10H13F3O3S2. The van der Waals surface area contributed by atoms with Crippen molar-refractivity contribution < 1.29 is 25.8 Å². The molecule has 0 aliphatic heterocycles. The third-order valence-corrected chi connectivity index (χ3v) is 2.91. The molecule has 0 radical (unpaired) electrons. The van der Waals surface area contributed by atoms with Crippen molar-refractivity contribution in [1.82, 2.24) is 0 Å². The number of alkyl halides is 3. The Labute approximate surface area is 109 Å². The Morgan fingerprint density at radius 2 is 1.72 bits per heavy atom. The SMILES string of the molecule is CS.Cc1ccccc1COS(=O)(=O)C(F)(F)F. The van der Waals surface area contributed by atoms with Crippen LogP contribution in [0.2, 0.25) is 0 Å². The molecule has 0 spiro atoms. The van der Waals surface area contributed by atoms with E-state index in [0.717, 1.165) is 0 Å². The summed E-state index contributed by atoms with van der Waals surface area (Å²) in [6.45, 7) is 1.04. The van der Waals surface area contributed by atoms with Crippen molar-refractivity contribution in [3.63, 3.8) is 0 Å². The van der Waals surface area contributed by atoms with Crippen LogP contribution in [0.15, 0.2) is 24.3 Å². The highest BCUT2D eigenvalue weighted by molar-refractivity contribution is 7.87. The molecule has 0 N–H and O–H groups in total. The van der Waals surface area contributed by atoms with Crippen LogP contribution in [0.25, 0.3) is 0 Å². The first-order valence-electron chi connectivity index (χ1n) is 4.69. The molecule has 0 aliphatic rings. The Morgan fingerprint density at radius 3 is 2.17 bits per heavy atom. The van der Waals surface area contributed by atoms with E-state index in [1.807, 2.05) is 0 Å². The zero-order valence-corrected chi connectivity index (χ0v) is 11.4. The lowest BCUT2D eigenvalue weighted by atomic mass is 10.1. The third kappa shape index (κ3) is 4.87. The van der Waals surface area contributed by atoms with E-state index in [0.29, 0.717) is 11.1 Å². The van der Waals surface area contributed by atoms with Crippen molar-refractivity contribution in [2.24, 2.45) is 0 Å². The Bertz CT molecular complexity index is 470. The molecule has 8 heteroatoms. The van der Waals surface area contributed by atoms with Gasteiger partial charge in [-0.2, -0.15) is 34.2 Å². The number of rotatable bonds is 3. The maximum Gasteiger partial charge on any atom is 0.523 e. The van der Waals surface area contributed by atoms with E-state index in [2.05, 4.69) is 16.8 Å². The second-order valence-corrected chi connectivity index (χ2v) is 4.70. The standard InChI is InChI=1S/C9H9F3O3S.CH4S/c1-7-4-2-3-5-8(7)6-15-16(13,14)9(10,11)12;1-2/h2-5H,6H2,1H3;2H,1H3. The minimum absolute atomic E-state index is 0.398. The van der Waals surface area contributed by atoms with E-state index in [1.165, 1.54) is 6.07 Å². The van der Waals surface area contributed by atoms with E-state index in [1.54, 1.807) is 31.4 Å². The Kier molecular flexibility index (Phi) is 6.72. The van der Waals surface area contributed by atoms with E-state index in [9.17, 15) is 21.6 Å². The molecule has 0 saturated heterocycles. The fraction of sp³-hybridized carbons (Fsp3) is 0.400. The second-order valence-electron chi connectivity index (χ2n) is 3.09. The van der Waals surface area contributed by atoms with Crippen molar-refractivity contribution in [3.05, 3.63) is 35.4 Å². The van der Waals surface area contributed by atoms with Gasteiger partial charge in [-0.1, -0.05) is 24.3 Å². The third-order valence-electron chi connectivity index (χ3n) is 1.91. The van der Waals surface area contributed by atoms with Gasteiger partial charge in [0.1, 0.15) is 0 Å². The van der Waals surface area contributed by atoms with Crippen LogP contribution in [0.5, 0.6) is 0 Å². The van der Waals surface area contributed by atoms with Gasteiger partial charge in [0.05, 0.1) is 6.61 Å². The molecule has 1 aromatic rings. The first kappa shape index (κ1) is 17.3. The van der Waals surface area contributed by atoms with E-state index in [-0.39, 0.29) is 0 Å². The molecule has 0 atom stereocenters. The van der Waals surface area contributed by atoms with Crippen molar-refractivity contribution in [1.29, 1.82) is 0 Å². The van der Waals surface area contributed by atoms with Crippen molar-refractivity contribution in [3.8, 4) is 0 Å². The molecular weight excluding hydrogens is 289 g/mol. The molecule has 0 unspecified atom stereocenters. The Hall–Kier alpha value is -0.730. The van der Waals surface area contributed by atoms with E-state index >= 15 is 0 Å². The minimum atomic E-state index is -5.51. The molecule has 0 saturated carbocycles. The summed E-state index contributed by atoms with van der Waals surface area (Å²) in [4.78, 5) is 0. The Balaban J connectivity index is 0.00000137. The number of halogens is 3. The lowest BCUT2D eigenvalue weighted by molar-refractivity contribution is -0.0548.